The molecule has 0 saturated heterocycles. The summed E-state index contributed by atoms with van der Waals surface area (Å²) in [6.07, 6.45) is 0. The molecule has 1 heterocycles. The molecule has 0 fully saturated rings. The number of benzene rings is 1. The number of anilines is 1. The highest BCUT2D eigenvalue weighted by Crippen LogP contribution is 2.25. The van der Waals surface area contributed by atoms with E-state index in [1.807, 2.05) is 43.7 Å². The summed E-state index contributed by atoms with van der Waals surface area (Å²) in [6.45, 7) is 5.08. The summed E-state index contributed by atoms with van der Waals surface area (Å²) < 4.78 is 0. The number of nitrogens with zero attached hydrogens (tertiary/aromatic N) is 1. The molecule has 0 saturated carbocycles. The van der Waals surface area contributed by atoms with E-state index in [1.54, 1.807) is 0 Å². The zero-order valence-corrected chi connectivity index (χ0v) is 13.8. The average molecular weight is 302 g/mol. The molecule has 0 aliphatic rings. The predicted octanol–water partition coefficient (Wildman–Crippen LogP) is 4.19. The van der Waals surface area contributed by atoms with Crippen LogP contribution in [-0.2, 0) is 6.54 Å². The molecular formula is C17H22N2OS. The van der Waals surface area contributed by atoms with Crippen LogP contribution in [0.15, 0.2) is 35.7 Å². The van der Waals surface area contributed by atoms with Gasteiger partial charge in [0.1, 0.15) is 0 Å². The van der Waals surface area contributed by atoms with Gasteiger partial charge in [0.05, 0.1) is 4.88 Å². The van der Waals surface area contributed by atoms with Crippen molar-refractivity contribution in [3.8, 4) is 0 Å². The van der Waals surface area contributed by atoms with Gasteiger partial charge < -0.3 is 10.2 Å². The Labute approximate surface area is 130 Å². The lowest BCUT2D eigenvalue weighted by atomic mass is 10.0. The van der Waals surface area contributed by atoms with Crippen LogP contribution in [0.5, 0.6) is 0 Å². The second-order valence-corrected chi connectivity index (χ2v) is 6.67. The van der Waals surface area contributed by atoms with Crippen LogP contribution in [0.3, 0.4) is 0 Å². The molecule has 1 N–H and O–H groups in total. The van der Waals surface area contributed by atoms with Crippen molar-refractivity contribution in [2.75, 3.05) is 19.4 Å². The molecule has 0 spiro atoms. The number of hydrogen-bond acceptors (Lipinski definition) is 3. The Morgan fingerprint density at radius 3 is 2.71 bits per heavy atom. The Morgan fingerprint density at radius 2 is 2.05 bits per heavy atom. The van der Waals surface area contributed by atoms with E-state index in [-0.39, 0.29) is 5.91 Å². The third-order valence-corrected chi connectivity index (χ3v) is 4.14. The predicted molar refractivity (Wildman–Crippen MR) is 90.2 cm³/mol. The van der Waals surface area contributed by atoms with Gasteiger partial charge >= 0.3 is 0 Å². The van der Waals surface area contributed by atoms with Crippen molar-refractivity contribution < 1.29 is 4.79 Å². The van der Waals surface area contributed by atoms with Gasteiger partial charge in [0.25, 0.3) is 5.91 Å². The van der Waals surface area contributed by atoms with Gasteiger partial charge in [-0.15, -0.1) is 11.3 Å². The first-order chi connectivity index (χ1) is 9.97. The van der Waals surface area contributed by atoms with Gasteiger partial charge in [0, 0.05) is 12.2 Å². The van der Waals surface area contributed by atoms with Gasteiger partial charge in [-0.05, 0) is 54.7 Å². The van der Waals surface area contributed by atoms with Crippen LogP contribution in [0.2, 0.25) is 0 Å². The lowest BCUT2D eigenvalue weighted by Crippen LogP contribution is -2.14. The summed E-state index contributed by atoms with van der Waals surface area (Å²) in [5.41, 5.74) is 3.15. The lowest BCUT2D eigenvalue weighted by molar-refractivity contribution is 0.102. The first-order valence-electron chi connectivity index (χ1n) is 7.09. The average Bonchev–Trinajstić information content (AvgIpc) is 2.87. The SMILES string of the molecule is CC(C)c1ccsc1C(=O)Nc1cccc(CN(C)C)c1. The van der Waals surface area contributed by atoms with Crippen molar-refractivity contribution in [1.82, 2.24) is 4.90 Å². The standard InChI is InChI=1S/C17H22N2OS/c1-12(2)15-8-9-21-16(15)17(20)18-14-7-5-6-13(10-14)11-19(3)4/h5-10,12H,11H2,1-4H3,(H,18,20). The lowest BCUT2D eigenvalue weighted by Gasteiger charge is -2.12. The van der Waals surface area contributed by atoms with Crippen molar-refractivity contribution in [3.05, 3.63) is 51.7 Å². The summed E-state index contributed by atoms with van der Waals surface area (Å²) in [5.74, 6) is 0.341. The van der Waals surface area contributed by atoms with Crippen molar-refractivity contribution in [2.45, 2.75) is 26.3 Å². The minimum Gasteiger partial charge on any atom is -0.321 e. The van der Waals surface area contributed by atoms with Crippen LogP contribution >= 0.6 is 11.3 Å². The zero-order valence-electron chi connectivity index (χ0n) is 13.0. The number of carbonyl (C=O) groups is 1. The molecule has 4 heteroatoms. The Bertz CT molecular complexity index is 617. The van der Waals surface area contributed by atoms with Gasteiger partial charge in [-0.2, -0.15) is 0 Å². The highest BCUT2D eigenvalue weighted by molar-refractivity contribution is 7.12. The Hall–Kier alpha value is -1.65. The maximum atomic E-state index is 12.4. The Morgan fingerprint density at radius 1 is 1.29 bits per heavy atom. The molecule has 1 aromatic heterocycles. The molecule has 112 valence electrons. The number of thiophene rings is 1. The van der Waals surface area contributed by atoms with Crippen molar-refractivity contribution in [1.29, 1.82) is 0 Å². The van der Waals surface area contributed by atoms with E-state index in [4.69, 9.17) is 0 Å². The molecule has 1 amide bonds. The number of nitrogens with one attached hydrogen (secondary N) is 1. The largest absolute Gasteiger partial charge is 0.321 e. The minimum absolute atomic E-state index is 0.0179. The number of amides is 1. The fourth-order valence-electron chi connectivity index (χ4n) is 2.26. The number of rotatable bonds is 5. The second-order valence-electron chi connectivity index (χ2n) is 5.75. The smallest absolute Gasteiger partial charge is 0.266 e. The van der Waals surface area contributed by atoms with Gasteiger partial charge in [0.2, 0.25) is 0 Å². The number of hydrogen-bond donors (Lipinski definition) is 1. The summed E-state index contributed by atoms with van der Waals surface area (Å²) in [5, 5.41) is 4.99. The molecule has 2 rings (SSSR count). The van der Waals surface area contributed by atoms with E-state index in [0.29, 0.717) is 5.92 Å². The topological polar surface area (TPSA) is 32.3 Å². The molecule has 0 unspecified atom stereocenters. The van der Waals surface area contributed by atoms with Gasteiger partial charge in [-0.1, -0.05) is 26.0 Å². The summed E-state index contributed by atoms with van der Waals surface area (Å²) in [6, 6.07) is 10.0. The van der Waals surface area contributed by atoms with Crippen LogP contribution in [0, 0.1) is 0 Å². The fraction of sp³-hybridized carbons (Fsp3) is 0.353. The van der Waals surface area contributed by atoms with Crippen LogP contribution < -0.4 is 5.32 Å². The van der Waals surface area contributed by atoms with Crippen LogP contribution in [0.25, 0.3) is 0 Å². The molecule has 0 radical (unpaired) electrons. The third kappa shape index (κ3) is 4.16. The first kappa shape index (κ1) is 15.7. The monoisotopic (exact) mass is 302 g/mol. The van der Waals surface area contributed by atoms with E-state index in [0.717, 1.165) is 22.7 Å². The second kappa shape index (κ2) is 6.87. The molecule has 0 atom stereocenters. The quantitative estimate of drug-likeness (QED) is 0.898. The molecule has 0 aliphatic heterocycles. The van der Waals surface area contributed by atoms with Gasteiger partial charge in [-0.3, -0.25) is 4.79 Å². The summed E-state index contributed by atoms with van der Waals surface area (Å²) >= 11 is 1.50. The summed E-state index contributed by atoms with van der Waals surface area (Å²) in [4.78, 5) is 15.3. The van der Waals surface area contributed by atoms with E-state index < -0.39 is 0 Å². The van der Waals surface area contributed by atoms with E-state index in [9.17, 15) is 4.79 Å². The molecule has 0 bridgehead atoms. The minimum atomic E-state index is -0.0179. The molecular weight excluding hydrogens is 280 g/mol. The zero-order chi connectivity index (χ0) is 15.4. The van der Waals surface area contributed by atoms with Crippen LogP contribution in [-0.4, -0.2) is 24.9 Å². The van der Waals surface area contributed by atoms with Gasteiger partial charge in [-0.25, -0.2) is 0 Å². The Kier molecular flexibility index (Phi) is 5.15. The van der Waals surface area contributed by atoms with Gasteiger partial charge in [0.15, 0.2) is 0 Å². The highest BCUT2D eigenvalue weighted by atomic mass is 32.1. The van der Waals surface area contributed by atoms with Crippen molar-refractivity contribution >= 4 is 22.9 Å². The van der Waals surface area contributed by atoms with Crippen molar-refractivity contribution in [2.24, 2.45) is 0 Å². The first-order valence-corrected chi connectivity index (χ1v) is 7.97. The summed E-state index contributed by atoms with van der Waals surface area (Å²) in [7, 11) is 4.07. The molecule has 2 aromatic rings. The maximum absolute atomic E-state index is 12.4. The molecule has 0 aliphatic carbocycles. The molecule has 21 heavy (non-hydrogen) atoms. The molecule has 1 aromatic carbocycles. The Balaban J connectivity index is 2.14. The van der Waals surface area contributed by atoms with Crippen molar-refractivity contribution in [3.63, 3.8) is 0 Å². The van der Waals surface area contributed by atoms with Crippen LogP contribution in [0.1, 0.15) is 40.6 Å². The number of carbonyl (C=O) groups excluding carboxylic acids is 1. The third-order valence-electron chi connectivity index (χ3n) is 3.21. The normalized spacial score (nSPS) is 11.1. The molecule has 3 nitrogen and oxygen atoms in total. The fourth-order valence-corrected chi connectivity index (χ4v) is 3.21. The van der Waals surface area contributed by atoms with E-state index >= 15 is 0 Å². The highest BCUT2D eigenvalue weighted by Gasteiger charge is 2.15. The van der Waals surface area contributed by atoms with E-state index in [1.165, 1.54) is 16.9 Å². The maximum Gasteiger partial charge on any atom is 0.266 e. The van der Waals surface area contributed by atoms with E-state index in [2.05, 4.69) is 30.1 Å². The van der Waals surface area contributed by atoms with Crippen LogP contribution in [0.4, 0.5) is 5.69 Å².